The largest absolute Gasteiger partial charge is 0.508 e. The highest BCUT2D eigenvalue weighted by molar-refractivity contribution is 7.98. The third kappa shape index (κ3) is 4.27. The van der Waals surface area contributed by atoms with Crippen molar-refractivity contribution in [2.45, 2.75) is 30.8 Å². The molecule has 2 aromatic heterocycles. The SMILES string of the molecule is C=CCn1c(SCc2cc(=O)oc3cc(O)c(CC)cc23)nnc1-c1ccc(OC)cc1. The highest BCUT2D eigenvalue weighted by Crippen LogP contribution is 2.31. The van der Waals surface area contributed by atoms with E-state index in [1.54, 1.807) is 13.2 Å². The Balaban J connectivity index is 1.68. The minimum Gasteiger partial charge on any atom is -0.508 e. The summed E-state index contributed by atoms with van der Waals surface area (Å²) in [6.07, 6.45) is 2.47. The van der Waals surface area contributed by atoms with Crippen molar-refractivity contribution in [1.82, 2.24) is 14.8 Å². The number of rotatable bonds is 8. The smallest absolute Gasteiger partial charge is 0.336 e. The van der Waals surface area contributed by atoms with Gasteiger partial charge in [0, 0.05) is 35.4 Å². The summed E-state index contributed by atoms with van der Waals surface area (Å²) in [6.45, 7) is 6.36. The van der Waals surface area contributed by atoms with Crippen LogP contribution >= 0.6 is 11.8 Å². The van der Waals surface area contributed by atoms with E-state index in [9.17, 15) is 9.90 Å². The molecule has 0 radical (unpaired) electrons. The normalized spacial score (nSPS) is 11.1. The lowest BCUT2D eigenvalue weighted by Crippen LogP contribution is -2.03. The molecule has 4 rings (SSSR count). The monoisotopic (exact) mass is 449 g/mol. The van der Waals surface area contributed by atoms with Gasteiger partial charge in [-0.05, 0) is 47.9 Å². The van der Waals surface area contributed by atoms with Crippen molar-refractivity contribution in [3.63, 3.8) is 0 Å². The van der Waals surface area contributed by atoms with Crippen LogP contribution in [-0.4, -0.2) is 27.0 Å². The maximum Gasteiger partial charge on any atom is 0.336 e. The van der Waals surface area contributed by atoms with Gasteiger partial charge in [-0.15, -0.1) is 16.8 Å². The topological polar surface area (TPSA) is 90.4 Å². The van der Waals surface area contributed by atoms with Crippen LogP contribution in [0.25, 0.3) is 22.4 Å². The van der Waals surface area contributed by atoms with E-state index in [1.807, 2.05) is 41.8 Å². The molecule has 0 amide bonds. The Hall–Kier alpha value is -3.52. The summed E-state index contributed by atoms with van der Waals surface area (Å²) in [6, 6.07) is 12.5. The molecule has 7 nitrogen and oxygen atoms in total. The van der Waals surface area contributed by atoms with Crippen molar-refractivity contribution >= 4 is 22.7 Å². The maximum atomic E-state index is 12.1. The molecular formula is C24H23N3O4S. The van der Waals surface area contributed by atoms with Crippen LogP contribution in [0.1, 0.15) is 18.1 Å². The molecule has 2 heterocycles. The van der Waals surface area contributed by atoms with Crippen LogP contribution in [0.3, 0.4) is 0 Å². The Morgan fingerprint density at radius 2 is 1.97 bits per heavy atom. The predicted octanol–water partition coefficient (Wildman–Crippen LogP) is 4.81. The second-order valence-corrected chi connectivity index (χ2v) is 8.09. The van der Waals surface area contributed by atoms with Crippen molar-refractivity contribution in [3.8, 4) is 22.9 Å². The molecule has 0 bridgehead atoms. The quantitative estimate of drug-likeness (QED) is 0.235. The summed E-state index contributed by atoms with van der Waals surface area (Å²) in [5, 5.41) is 20.4. The van der Waals surface area contributed by atoms with Gasteiger partial charge in [-0.2, -0.15) is 0 Å². The minimum absolute atomic E-state index is 0.128. The number of allylic oxidation sites excluding steroid dienone is 1. The van der Waals surface area contributed by atoms with Crippen LogP contribution in [0, 0.1) is 0 Å². The molecule has 0 fully saturated rings. The Morgan fingerprint density at radius 1 is 1.19 bits per heavy atom. The maximum absolute atomic E-state index is 12.1. The lowest BCUT2D eigenvalue weighted by Gasteiger charge is -2.10. The molecule has 8 heteroatoms. The van der Waals surface area contributed by atoms with Crippen LogP contribution < -0.4 is 10.4 Å². The van der Waals surface area contributed by atoms with Gasteiger partial charge in [0.2, 0.25) is 0 Å². The summed E-state index contributed by atoms with van der Waals surface area (Å²) in [5.74, 6) is 2.12. The molecule has 0 saturated carbocycles. The average Bonchev–Trinajstić information content (AvgIpc) is 3.19. The van der Waals surface area contributed by atoms with E-state index in [-0.39, 0.29) is 5.75 Å². The lowest BCUT2D eigenvalue weighted by molar-refractivity contribution is 0.415. The summed E-state index contributed by atoms with van der Waals surface area (Å²) in [4.78, 5) is 12.1. The van der Waals surface area contributed by atoms with Gasteiger partial charge >= 0.3 is 5.63 Å². The van der Waals surface area contributed by atoms with Gasteiger partial charge in [0.25, 0.3) is 0 Å². The Bertz CT molecular complexity index is 1330. The lowest BCUT2D eigenvalue weighted by atomic mass is 10.1. The van der Waals surface area contributed by atoms with E-state index in [2.05, 4.69) is 16.8 Å². The minimum atomic E-state index is -0.455. The number of nitrogens with zero attached hydrogens (tertiary/aromatic N) is 3. The van der Waals surface area contributed by atoms with Gasteiger partial charge < -0.3 is 14.3 Å². The highest BCUT2D eigenvalue weighted by atomic mass is 32.2. The molecule has 0 aliphatic heterocycles. The number of aryl methyl sites for hydroxylation is 1. The van der Waals surface area contributed by atoms with Crippen molar-refractivity contribution in [2.24, 2.45) is 0 Å². The Kier molecular flexibility index (Phi) is 6.32. The number of hydrogen-bond acceptors (Lipinski definition) is 7. The summed E-state index contributed by atoms with van der Waals surface area (Å²) in [7, 11) is 1.63. The summed E-state index contributed by atoms with van der Waals surface area (Å²) < 4.78 is 12.5. The van der Waals surface area contributed by atoms with Crippen LogP contribution in [-0.2, 0) is 18.7 Å². The van der Waals surface area contributed by atoms with Gasteiger partial charge in [0.05, 0.1) is 7.11 Å². The molecular weight excluding hydrogens is 426 g/mol. The second-order valence-electron chi connectivity index (χ2n) is 7.14. The number of aromatic hydroxyl groups is 1. The zero-order valence-corrected chi connectivity index (χ0v) is 18.7. The first-order valence-electron chi connectivity index (χ1n) is 10.1. The summed E-state index contributed by atoms with van der Waals surface area (Å²) in [5.41, 5.74) is 2.45. The second kappa shape index (κ2) is 9.32. The number of fused-ring (bicyclic) bond motifs is 1. The number of aromatic nitrogens is 3. The van der Waals surface area contributed by atoms with Gasteiger partial charge in [0.15, 0.2) is 11.0 Å². The fourth-order valence-electron chi connectivity index (χ4n) is 3.49. The first kappa shape index (κ1) is 21.7. The molecule has 164 valence electrons. The van der Waals surface area contributed by atoms with E-state index in [0.717, 1.165) is 33.7 Å². The molecule has 0 atom stereocenters. The van der Waals surface area contributed by atoms with Crippen molar-refractivity contribution in [1.29, 1.82) is 0 Å². The third-order valence-electron chi connectivity index (χ3n) is 5.14. The van der Waals surface area contributed by atoms with Crippen LogP contribution in [0.5, 0.6) is 11.5 Å². The number of hydrogen-bond donors (Lipinski definition) is 1. The van der Waals surface area contributed by atoms with Crippen LogP contribution in [0.15, 0.2) is 69.5 Å². The van der Waals surface area contributed by atoms with E-state index in [4.69, 9.17) is 9.15 Å². The first-order valence-corrected chi connectivity index (χ1v) is 11.1. The van der Waals surface area contributed by atoms with Crippen LogP contribution in [0.4, 0.5) is 0 Å². The van der Waals surface area contributed by atoms with Crippen molar-refractivity contribution < 1.29 is 14.3 Å². The fraction of sp³-hybridized carbons (Fsp3) is 0.208. The van der Waals surface area contributed by atoms with Crippen molar-refractivity contribution in [3.05, 3.63) is 76.7 Å². The number of phenolic OH excluding ortho intramolecular Hbond substituents is 1. The Morgan fingerprint density at radius 3 is 2.66 bits per heavy atom. The molecule has 32 heavy (non-hydrogen) atoms. The van der Waals surface area contributed by atoms with Crippen molar-refractivity contribution in [2.75, 3.05) is 7.11 Å². The molecule has 0 saturated heterocycles. The molecule has 0 aliphatic carbocycles. The molecule has 0 spiro atoms. The van der Waals surface area contributed by atoms with E-state index >= 15 is 0 Å². The molecule has 0 unspecified atom stereocenters. The number of phenols is 1. The molecule has 0 aliphatic rings. The molecule has 4 aromatic rings. The number of benzene rings is 2. The number of thioether (sulfide) groups is 1. The van der Waals surface area contributed by atoms with E-state index in [1.165, 1.54) is 23.9 Å². The van der Waals surface area contributed by atoms with Gasteiger partial charge in [-0.3, -0.25) is 4.57 Å². The first-order chi connectivity index (χ1) is 15.5. The highest BCUT2D eigenvalue weighted by Gasteiger charge is 2.16. The van der Waals surface area contributed by atoms with Gasteiger partial charge in [-0.1, -0.05) is 24.8 Å². The summed E-state index contributed by atoms with van der Waals surface area (Å²) >= 11 is 1.48. The number of ether oxygens (including phenoxy) is 1. The number of methoxy groups -OCH3 is 1. The van der Waals surface area contributed by atoms with Gasteiger partial charge in [-0.25, -0.2) is 4.79 Å². The third-order valence-corrected chi connectivity index (χ3v) is 6.16. The molecule has 1 N–H and O–H groups in total. The zero-order valence-electron chi connectivity index (χ0n) is 17.9. The molecule has 2 aromatic carbocycles. The zero-order chi connectivity index (χ0) is 22.7. The fourth-order valence-corrected chi connectivity index (χ4v) is 4.43. The van der Waals surface area contributed by atoms with E-state index in [0.29, 0.717) is 29.5 Å². The van der Waals surface area contributed by atoms with Gasteiger partial charge in [0.1, 0.15) is 17.1 Å². The standard InChI is InChI=1S/C24H23N3O4S/c1-4-10-27-23(16-6-8-18(30-3)9-7-16)25-26-24(27)32-14-17-12-22(29)31-21-13-20(28)15(5-2)11-19(17)21/h4,6-9,11-13,28H,1,5,10,14H2,2-3H3. The van der Waals surface area contributed by atoms with Crippen LogP contribution in [0.2, 0.25) is 0 Å². The average molecular weight is 450 g/mol. The van der Waals surface area contributed by atoms with E-state index < -0.39 is 5.63 Å². The Labute approximate surface area is 189 Å². The predicted molar refractivity (Wildman–Crippen MR) is 125 cm³/mol.